The van der Waals surface area contributed by atoms with Crippen LogP contribution in [0.1, 0.15) is 6.92 Å². The van der Waals surface area contributed by atoms with Crippen LogP contribution in [0, 0.1) is 5.82 Å². The molecule has 1 N–H and O–H groups in total. The van der Waals surface area contributed by atoms with Crippen molar-refractivity contribution in [3.8, 4) is 11.3 Å². The number of amides is 1. The van der Waals surface area contributed by atoms with Crippen molar-refractivity contribution >= 4 is 46.4 Å². The van der Waals surface area contributed by atoms with E-state index in [0.717, 1.165) is 15.6 Å². The minimum absolute atomic E-state index is 0.168. The predicted octanol–water partition coefficient (Wildman–Crippen LogP) is 5.12. The van der Waals surface area contributed by atoms with Gasteiger partial charge in [-0.1, -0.05) is 23.4 Å². The lowest BCUT2D eigenvalue weighted by molar-refractivity contribution is -0.115. The van der Waals surface area contributed by atoms with Crippen molar-refractivity contribution in [2.24, 2.45) is 0 Å². The van der Waals surface area contributed by atoms with Crippen LogP contribution in [0.15, 0.2) is 52.3 Å². The molecule has 0 aliphatic carbocycles. The summed E-state index contributed by atoms with van der Waals surface area (Å²) in [5.41, 5.74) is 1.60. The maximum atomic E-state index is 13.0. The van der Waals surface area contributed by atoms with Crippen molar-refractivity contribution in [1.29, 1.82) is 0 Å². The molecule has 128 valence electrons. The predicted molar refractivity (Wildman–Crippen MR) is 101 cm³/mol. The first-order chi connectivity index (χ1) is 12.0. The van der Waals surface area contributed by atoms with E-state index in [1.54, 1.807) is 31.2 Å². The summed E-state index contributed by atoms with van der Waals surface area (Å²) in [5.74, 6) is 0.000949. The number of halogens is 2. The summed E-state index contributed by atoms with van der Waals surface area (Å²) in [6.45, 7) is 1.80. The van der Waals surface area contributed by atoms with E-state index in [9.17, 15) is 9.18 Å². The monoisotopic (exact) mass is 393 g/mol. The molecule has 1 aromatic carbocycles. The van der Waals surface area contributed by atoms with E-state index in [1.165, 1.54) is 41.4 Å². The van der Waals surface area contributed by atoms with Crippen molar-refractivity contribution in [2.75, 3.05) is 5.32 Å². The maximum absolute atomic E-state index is 13.0. The lowest BCUT2D eigenvalue weighted by Crippen LogP contribution is -2.22. The quantitative estimate of drug-likeness (QED) is 0.611. The van der Waals surface area contributed by atoms with Gasteiger partial charge in [0.15, 0.2) is 4.34 Å². The Kier molecular flexibility index (Phi) is 5.67. The number of aromatic nitrogens is 2. The highest BCUT2D eigenvalue weighted by Crippen LogP contribution is 2.31. The van der Waals surface area contributed by atoms with Crippen molar-refractivity contribution in [2.45, 2.75) is 16.5 Å². The zero-order chi connectivity index (χ0) is 17.8. The van der Waals surface area contributed by atoms with Gasteiger partial charge in [-0.15, -0.1) is 11.3 Å². The average molecular weight is 394 g/mol. The lowest BCUT2D eigenvalue weighted by Gasteiger charge is -2.09. The first kappa shape index (κ1) is 17.8. The van der Waals surface area contributed by atoms with Gasteiger partial charge in [-0.2, -0.15) is 0 Å². The molecule has 0 aliphatic heterocycles. The van der Waals surface area contributed by atoms with Gasteiger partial charge in [0.1, 0.15) is 11.6 Å². The van der Waals surface area contributed by atoms with E-state index >= 15 is 0 Å². The van der Waals surface area contributed by atoms with E-state index in [0.29, 0.717) is 10.8 Å². The van der Waals surface area contributed by atoms with Crippen molar-refractivity contribution in [3.63, 3.8) is 0 Å². The summed E-state index contributed by atoms with van der Waals surface area (Å²) in [6.07, 6.45) is 1.48. The summed E-state index contributed by atoms with van der Waals surface area (Å²) < 4.78 is 13.8. The van der Waals surface area contributed by atoms with Gasteiger partial charge in [0, 0.05) is 17.1 Å². The van der Waals surface area contributed by atoms with Crippen LogP contribution in [0.3, 0.4) is 0 Å². The number of thioether (sulfide) groups is 1. The molecule has 4 nitrogen and oxygen atoms in total. The van der Waals surface area contributed by atoms with Crippen LogP contribution in [-0.2, 0) is 4.79 Å². The number of hydrogen-bond donors (Lipinski definition) is 1. The van der Waals surface area contributed by atoms with Crippen molar-refractivity contribution < 1.29 is 9.18 Å². The Labute approximate surface area is 157 Å². The average Bonchev–Trinajstić information content (AvgIpc) is 3.06. The van der Waals surface area contributed by atoms with Gasteiger partial charge < -0.3 is 5.32 Å². The number of thiazole rings is 1. The number of hydrogen-bond acceptors (Lipinski definition) is 5. The topological polar surface area (TPSA) is 54.9 Å². The second-order valence-electron chi connectivity index (χ2n) is 5.12. The summed E-state index contributed by atoms with van der Waals surface area (Å²) in [7, 11) is 0. The number of benzene rings is 1. The van der Waals surface area contributed by atoms with E-state index in [2.05, 4.69) is 15.3 Å². The highest BCUT2D eigenvalue weighted by molar-refractivity contribution is 8.02. The first-order valence-electron chi connectivity index (χ1n) is 7.32. The second kappa shape index (κ2) is 7.95. The molecule has 2 heterocycles. The fourth-order valence-electron chi connectivity index (χ4n) is 1.95. The fraction of sp³-hybridized carbons (Fsp3) is 0.118. The molecule has 3 aromatic rings. The molecular weight excluding hydrogens is 381 g/mol. The summed E-state index contributed by atoms with van der Waals surface area (Å²) in [5, 5.41) is 4.80. The van der Waals surface area contributed by atoms with Crippen LogP contribution in [0.25, 0.3) is 11.3 Å². The van der Waals surface area contributed by atoms with Crippen LogP contribution < -0.4 is 5.32 Å². The molecule has 0 fully saturated rings. The van der Waals surface area contributed by atoms with Gasteiger partial charge in [-0.05, 0) is 43.3 Å². The molecule has 25 heavy (non-hydrogen) atoms. The first-order valence-corrected chi connectivity index (χ1v) is 9.45. The maximum Gasteiger partial charge on any atom is 0.238 e. The Morgan fingerprint density at radius 2 is 2.04 bits per heavy atom. The van der Waals surface area contributed by atoms with Crippen LogP contribution >= 0.6 is 34.7 Å². The van der Waals surface area contributed by atoms with E-state index in [-0.39, 0.29) is 17.0 Å². The SMILES string of the molecule is C[C@H](Sc1nc(-c2ccc(F)cc2)cs1)C(=O)Nc1ccc(Cl)cn1. The lowest BCUT2D eigenvalue weighted by atomic mass is 10.2. The molecule has 0 radical (unpaired) electrons. The highest BCUT2D eigenvalue weighted by Gasteiger charge is 2.17. The van der Waals surface area contributed by atoms with Crippen LogP contribution in [-0.4, -0.2) is 21.1 Å². The molecule has 2 aromatic heterocycles. The zero-order valence-corrected chi connectivity index (χ0v) is 15.5. The number of carbonyl (C=O) groups is 1. The Morgan fingerprint density at radius 3 is 2.72 bits per heavy atom. The van der Waals surface area contributed by atoms with Gasteiger partial charge in [-0.3, -0.25) is 4.79 Å². The smallest absolute Gasteiger partial charge is 0.238 e. The molecule has 0 saturated carbocycles. The molecular formula is C17H13ClFN3OS2. The number of rotatable bonds is 5. The summed E-state index contributed by atoms with van der Waals surface area (Å²) >= 11 is 8.58. The molecule has 8 heteroatoms. The Bertz CT molecular complexity index is 868. The van der Waals surface area contributed by atoms with E-state index in [1.807, 2.05) is 5.38 Å². The Hall–Kier alpha value is -1.96. The third-order valence-electron chi connectivity index (χ3n) is 3.25. The normalized spacial score (nSPS) is 12.0. The van der Waals surface area contributed by atoms with E-state index in [4.69, 9.17) is 11.6 Å². The van der Waals surface area contributed by atoms with Gasteiger partial charge in [-0.25, -0.2) is 14.4 Å². The number of anilines is 1. The molecule has 0 unspecified atom stereocenters. The third-order valence-corrected chi connectivity index (χ3v) is 5.54. The molecule has 0 spiro atoms. The summed E-state index contributed by atoms with van der Waals surface area (Å²) in [6, 6.07) is 9.47. The molecule has 0 saturated heterocycles. The molecule has 3 rings (SSSR count). The van der Waals surface area contributed by atoms with Gasteiger partial charge in [0.25, 0.3) is 0 Å². The van der Waals surface area contributed by atoms with Crippen LogP contribution in [0.5, 0.6) is 0 Å². The minimum Gasteiger partial charge on any atom is -0.310 e. The third kappa shape index (κ3) is 4.78. The van der Waals surface area contributed by atoms with Gasteiger partial charge in [0.05, 0.1) is 16.0 Å². The van der Waals surface area contributed by atoms with Gasteiger partial charge >= 0.3 is 0 Å². The molecule has 0 bridgehead atoms. The van der Waals surface area contributed by atoms with Crippen LogP contribution in [0.2, 0.25) is 5.02 Å². The second-order valence-corrected chi connectivity index (χ2v) is 8.00. The summed E-state index contributed by atoms with van der Waals surface area (Å²) in [4.78, 5) is 20.8. The molecule has 1 atom stereocenters. The number of nitrogens with one attached hydrogen (secondary N) is 1. The van der Waals surface area contributed by atoms with Crippen molar-refractivity contribution in [1.82, 2.24) is 9.97 Å². The van der Waals surface area contributed by atoms with E-state index < -0.39 is 0 Å². The van der Waals surface area contributed by atoms with Crippen molar-refractivity contribution in [3.05, 3.63) is 58.8 Å². The fourth-order valence-corrected chi connectivity index (χ4v) is 4.03. The number of nitrogens with zero attached hydrogens (tertiary/aromatic N) is 2. The Balaban J connectivity index is 1.62. The zero-order valence-electron chi connectivity index (χ0n) is 13.1. The molecule has 1 amide bonds. The minimum atomic E-state index is -0.343. The van der Waals surface area contributed by atoms with Gasteiger partial charge in [0.2, 0.25) is 5.91 Å². The number of pyridine rings is 1. The molecule has 0 aliphatic rings. The highest BCUT2D eigenvalue weighted by atomic mass is 35.5. The standard InChI is InChI=1S/C17H13ClFN3OS2/c1-10(16(23)22-15-7-4-12(18)8-20-15)25-17-21-14(9-24-17)11-2-5-13(19)6-3-11/h2-10H,1H3,(H,20,22,23)/t10-/m0/s1. The number of carbonyl (C=O) groups excluding carboxylic acids is 1. The Morgan fingerprint density at radius 1 is 1.28 bits per heavy atom. The largest absolute Gasteiger partial charge is 0.310 e. The van der Waals surface area contributed by atoms with Crippen LogP contribution in [0.4, 0.5) is 10.2 Å².